The molecular formula is C18H28. The summed E-state index contributed by atoms with van der Waals surface area (Å²) in [6.07, 6.45) is 15.2. The third-order valence-electron chi connectivity index (χ3n) is 6.68. The van der Waals surface area contributed by atoms with E-state index in [1.54, 1.807) is 25.7 Å². The minimum Gasteiger partial charge on any atom is -0.0701 e. The Morgan fingerprint density at radius 3 is 2.94 bits per heavy atom. The molecule has 4 aliphatic rings. The van der Waals surface area contributed by atoms with Crippen LogP contribution in [-0.2, 0) is 0 Å². The summed E-state index contributed by atoms with van der Waals surface area (Å²) in [6, 6.07) is 0. The van der Waals surface area contributed by atoms with Crippen LogP contribution >= 0.6 is 0 Å². The van der Waals surface area contributed by atoms with Crippen molar-refractivity contribution in [3.05, 3.63) is 11.1 Å². The van der Waals surface area contributed by atoms with E-state index in [1.165, 1.54) is 38.5 Å². The van der Waals surface area contributed by atoms with Crippen molar-refractivity contribution in [2.75, 3.05) is 0 Å². The summed E-state index contributed by atoms with van der Waals surface area (Å²) in [4.78, 5) is 0. The predicted molar refractivity (Wildman–Crippen MR) is 76.3 cm³/mol. The van der Waals surface area contributed by atoms with Crippen LogP contribution in [0.4, 0.5) is 0 Å². The van der Waals surface area contributed by atoms with Crippen molar-refractivity contribution < 1.29 is 0 Å². The average molecular weight is 244 g/mol. The average Bonchev–Trinajstić information content (AvgIpc) is 3.10. The molecule has 0 aromatic heterocycles. The molecule has 0 aromatic carbocycles. The lowest BCUT2D eigenvalue weighted by molar-refractivity contribution is 0.213. The van der Waals surface area contributed by atoms with Gasteiger partial charge in [0.05, 0.1) is 0 Å². The van der Waals surface area contributed by atoms with E-state index in [9.17, 15) is 0 Å². The predicted octanol–water partition coefficient (Wildman–Crippen LogP) is 5.34. The first-order valence-electron chi connectivity index (χ1n) is 8.60. The highest BCUT2D eigenvalue weighted by Gasteiger charge is 2.56. The quantitative estimate of drug-likeness (QED) is 0.452. The van der Waals surface area contributed by atoms with Gasteiger partial charge in [0.25, 0.3) is 0 Å². The Labute approximate surface area is 112 Å². The third-order valence-corrected chi connectivity index (χ3v) is 6.68. The molecule has 0 heteroatoms. The van der Waals surface area contributed by atoms with Crippen LogP contribution in [0.15, 0.2) is 11.1 Å². The maximum atomic E-state index is 2.32. The van der Waals surface area contributed by atoms with Crippen molar-refractivity contribution >= 4 is 0 Å². The Hall–Kier alpha value is -0.260. The van der Waals surface area contributed by atoms with E-state index in [1.807, 2.05) is 11.1 Å². The molecule has 3 saturated carbocycles. The number of fused-ring (bicyclic) bond motifs is 8. The van der Waals surface area contributed by atoms with E-state index in [0.29, 0.717) is 0 Å². The monoisotopic (exact) mass is 244 g/mol. The van der Waals surface area contributed by atoms with Gasteiger partial charge in [-0.15, -0.1) is 0 Å². The fourth-order valence-electron chi connectivity index (χ4n) is 6.10. The van der Waals surface area contributed by atoms with Gasteiger partial charge in [-0.3, -0.25) is 0 Å². The summed E-state index contributed by atoms with van der Waals surface area (Å²) in [5.74, 6) is 5.54. The Bertz CT molecular complexity index is 364. The zero-order valence-corrected chi connectivity index (χ0v) is 12.0. The summed E-state index contributed by atoms with van der Waals surface area (Å²) < 4.78 is 0. The van der Waals surface area contributed by atoms with Crippen molar-refractivity contribution in [1.82, 2.24) is 0 Å². The molecule has 18 heavy (non-hydrogen) atoms. The molecule has 5 unspecified atom stereocenters. The molecule has 0 amide bonds. The largest absolute Gasteiger partial charge is 0.0701 e. The molecule has 100 valence electrons. The second kappa shape index (κ2) is 4.39. The van der Waals surface area contributed by atoms with Crippen molar-refractivity contribution in [1.29, 1.82) is 0 Å². The Morgan fingerprint density at radius 2 is 2.06 bits per heavy atom. The SMILES string of the molecule is CCCCCCC1CC2CC1C1C2=C2CCC1C2. The Balaban J connectivity index is 1.41. The maximum Gasteiger partial charge on any atom is -0.0135 e. The van der Waals surface area contributed by atoms with E-state index < -0.39 is 0 Å². The lowest BCUT2D eigenvalue weighted by Gasteiger charge is -2.34. The van der Waals surface area contributed by atoms with Crippen LogP contribution in [0.5, 0.6) is 0 Å². The van der Waals surface area contributed by atoms with E-state index >= 15 is 0 Å². The molecule has 5 atom stereocenters. The van der Waals surface area contributed by atoms with E-state index in [-0.39, 0.29) is 0 Å². The number of unbranched alkanes of at least 4 members (excludes halogenated alkanes) is 3. The molecular weight excluding hydrogens is 216 g/mol. The first kappa shape index (κ1) is 11.6. The van der Waals surface area contributed by atoms with Crippen LogP contribution < -0.4 is 0 Å². The maximum absolute atomic E-state index is 2.32. The highest BCUT2D eigenvalue weighted by Crippen LogP contribution is 2.66. The van der Waals surface area contributed by atoms with Crippen LogP contribution in [-0.4, -0.2) is 0 Å². The summed E-state index contributed by atoms with van der Waals surface area (Å²) in [6.45, 7) is 2.32. The van der Waals surface area contributed by atoms with Gasteiger partial charge in [0.15, 0.2) is 0 Å². The van der Waals surface area contributed by atoms with E-state index in [4.69, 9.17) is 0 Å². The lowest BCUT2D eigenvalue weighted by atomic mass is 9.71. The van der Waals surface area contributed by atoms with Crippen LogP contribution in [0.25, 0.3) is 0 Å². The first-order valence-corrected chi connectivity index (χ1v) is 8.60. The molecule has 0 saturated heterocycles. The summed E-state index contributed by atoms with van der Waals surface area (Å²) >= 11 is 0. The van der Waals surface area contributed by atoms with Gasteiger partial charge in [-0.1, -0.05) is 50.2 Å². The lowest BCUT2D eigenvalue weighted by Crippen LogP contribution is -2.26. The molecule has 0 aliphatic heterocycles. The van der Waals surface area contributed by atoms with E-state index in [0.717, 1.165) is 29.6 Å². The number of hydrogen-bond donors (Lipinski definition) is 0. The Kier molecular flexibility index (Phi) is 2.82. The highest BCUT2D eigenvalue weighted by molar-refractivity contribution is 5.37. The standard InChI is InChI=1S/C18H28/c1-2-3-4-5-6-12-9-15-11-16(12)18-14-8-7-13(10-14)17(15)18/h12,14-16,18H,2-11H2,1H3. The van der Waals surface area contributed by atoms with Crippen LogP contribution in [0, 0.1) is 29.6 Å². The van der Waals surface area contributed by atoms with Gasteiger partial charge in [0.2, 0.25) is 0 Å². The first-order chi connectivity index (χ1) is 8.88. The molecule has 0 radical (unpaired) electrons. The van der Waals surface area contributed by atoms with Crippen molar-refractivity contribution in [2.24, 2.45) is 29.6 Å². The molecule has 4 aliphatic carbocycles. The van der Waals surface area contributed by atoms with Gasteiger partial charge in [-0.2, -0.15) is 0 Å². The molecule has 3 fully saturated rings. The highest BCUT2D eigenvalue weighted by atomic mass is 14.6. The van der Waals surface area contributed by atoms with Gasteiger partial charge in [0.1, 0.15) is 0 Å². The summed E-state index contributed by atoms with van der Waals surface area (Å²) in [7, 11) is 0. The summed E-state index contributed by atoms with van der Waals surface area (Å²) in [5.41, 5.74) is 3.97. The zero-order chi connectivity index (χ0) is 12.1. The van der Waals surface area contributed by atoms with Crippen LogP contribution in [0.3, 0.4) is 0 Å². The summed E-state index contributed by atoms with van der Waals surface area (Å²) in [5, 5.41) is 0. The fraction of sp³-hybridized carbons (Fsp3) is 0.889. The van der Waals surface area contributed by atoms with Crippen molar-refractivity contribution in [3.63, 3.8) is 0 Å². The van der Waals surface area contributed by atoms with Crippen molar-refractivity contribution in [3.8, 4) is 0 Å². The van der Waals surface area contributed by atoms with Crippen LogP contribution in [0.1, 0.15) is 71.1 Å². The molecule has 4 rings (SSSR count). The minimum absolute atomic E-state index is 1.07. The van der Waals surface area contributed by atoms with Crippen molar-refractivity contribution in [2.45, 2.75) is 71.1 Å². The van der Waals surface area contributed by atoms with Gasteiger partial charge >= 0.3 is 0 Å². The van der Waals surface area contributed by atoms with E-state index in [2.05, 4.69) is 6.92 Å². The third kappa shape index (κ3) is 1.57. The van der Waals surface area contributed by atoms with Gasteiger partial charge in [-0.05, 0) is 61.7 Å². The smallest absolute Gasteiger partial charge is 0.0135 e. The number of allylic oxidation sites excluding steroid dienone is 2. The van der Waals surface area contributed by atoms with Gasteiger partial charge in [-0.25, -0.2) is 0 Å². The number of rotatable bonds is 5. The molecule has 0 spiro atoms. The number of hydrogen-bond acceptors (Lipinski definition) is 0. The molecule has 0 N–H and O–H groups in total. The Morgan fingerprint density at radius 1 is 1.11 bits per heavy atom. The minimum atomic E-state index is 1.07. The van der Waals surface area contributed by atoms with Gasteiger partial charge in [0, 0.05) is 0 Å². The molecule has 4 bridgehead atoms. The van der Waals surface area contributed by atoms with Gasteiger partial charge < -0.3 is 0 Å². The normalized spacial score (nSPS) is 44.2. The fourth-order valence-corrected chi connectivity index (χ4v) is 6.10. The molecule has 0 aromatic rings. The molecule has 0 heterocycles. The second-order valence-electron chi connectivity index (χ2n) is 7.53. The molecule has 0 nitrogen and oxygen atoms in total. The topological polar surface area (TPSA) is 0 Å². The second-order valence-corrected chi connectivity index (χ2v) is 7.53. The van der Waals surface area contributed by atoms with Crippen LogP contribution in [0.2, 0.25) is 0 Å². The zero-order valence-electron chi connectivity index (χ0n) is 12.0.